The third kappa shape index (κ3) is 7.14. The molecule has 0 radical (unpaired) electrons. The van der Waals surface area contributed by atoms with Crippen molar-refractivity contribution in [1.82, 2.24) is 10.2 Å². The fourth-order valence-corrected chi connectivity index (χ4v) is 5.67. The monoisotopic (exact) mass is 555 g/mol. The van der Waals surface area contributed by atoms with Crippen molar-refractivity contribution in [1.29, 1.82) is 0 Å². The predicted octanol–water partition coefficient (Wildman–Crippen LogP) is 5.18. The summed E-state index contributed by atoms with van der Waals surface area (Å²) >= 11 is 6.41. The van der Waals surface area contributed by atoms with Gasteiger partial charge in [0.2, 0.25) is 11.8 Å². The summed E-state index contributed by atoms with van der Waals surface area (Å²) in [5.41, 5.74) is 1.93. The highest BCUT2D eigenvalue weighted by molar-refractivity contribution is 7.92. The Morgan fingerprint density at radius 3 is 2.16 bits per heavy atom. The van der Waals surface area contributed by atoms with E-state index in [2.05, 4.69) is 5.32 Å². The van der Waals surface area contributed by atoms with Gasteiger partial charge >= 0.3 is 0 Å². The number of aryl methyl sites for hydroxylation is 1. The van der Waals surface area contributed by atoms with Crippen molar-refractivity contribution in [3.63, 3.8) is 0 Å². The Balaban J connectivity index is 2.03. The van der Waals surface area contributed by atoms with Gasteiger partial charge in [-0.2, -0.15) is 0 Å². The fraction of sp³-hybridized carbons (Fsp3) is 0.310. The summed E-state index contributed by atoms with van der Waals surface area (Å²) in [4.78, 5) is 28.5. The molecular weight excluding hydrogens is 522 g/mol. The van der Waals surface area contributed by atoms with E-state index in [9.17, 15) is 18.0 Å². The number of benzene rings is 3. The molecule has 0 aliphatic heterocycles. The average molecular weight is 556 g/mol. The molecule has 1 unspecified atom stereocenters. The number of nitrogens with one attached hydrogen (secondary N) is 1. The van der Waals surface area contributed by atoms with Crippen LogP contribution in [0.2, 0.25) is 5.02 Å². The first-order valence-corrected chi connectivity index (χ1v) is 14.5. The normalized spacial score (nSPS) is 12.0. The van der Waals surface area contributed by atoms with Gasteiger partial charge in [-0.25, -0.2) is 8.42 Å². The number of hydrogen-bond acceptors (Lipinski definition) is 4. The van der Waals surface area contributed by atoms with Crippen molar-refractivity contribution >= 4 is 39.1 Å². The first-order chi connectivity index (χ1) is 18.2. The molecule has 1 atom stereocenters. The van der Waals surface area contributed by atoms with Gasteiger partial charge in [0.05, 0.1) is 10.6 Å². The van der Waals surface area contributed by atoms with E-state index in [1.54, 1.807) is 66.7 Å². The molecule has 3 rings (SSSR count). The lowest BCUT2D eigenvalue weighted by molar-refractivity contribution is -0.140. The Bertz CT molecular complexity index is 1330. The van der Waals surface area contributed by atoms with Crippen molar-refractivity contribution in [2.75, 3.05) is 17.4 Å². The minimum Gasteiger partial charge on any atom is -0.354 e. The molecule has 3 aromatic rings. The molecule has 0 aliphatic rings. The van der Waals surface area contributed by atoms with E-state index in [4.69, 9.17) is 11.6 Å². The van der Waals surface area contributed by atoms with Crippen LogP contribution in [0.25, 0.3) is 0 Å². The molecule has 0 saturated heterocycles. The maximum atomic E-state index is 14.0. The third-order valence-electron chi connectivity index (χ3n) is 6.17. The Morgan fingerprint density at radius 1 is 0.921 bits per heavy atom. The Morgan fingerprint density at radius 2 is 1.55 bits per heavy atom. The first kappa shape index (κ1) is 29.2. The first-order valence-electron chi connectivity index (χ1n) is 12.6. The van der Waals surface area contributed by atoms with E-state index in [0.717, 1.165) is 16.3 Å². The van der Waals surface area contributed by atoms with Crippen LogP contribution in [0.4, 0.5) is 5.69 Å². The molecule has 7 nitrogen and oxygen atoms in total. The minimum atomic E-state index is -4.09. The van der Waals surface area contributed by atoms with Crippen LogP contribution in [-0.4, -0.2) is 44.3 Å². The number of sulfonamides is 1. The van der Waals surface area contributed by atoms with E-state index in [1.165, 1.54) is 17.0 Å². The summed E-state index contributed by atoms with van der Waals surface area (Å²) in [5, 5.41) is 3.33. The van der Waals surface area contributed by atoms with E-state index >= 15 is 0 Å². The van der Waals surface area contributed by atoms with Gasteiger partial charge in [0, 0.05) is 18.1 Å². The standard InChI is InChI=1S/C29H34ClN3O4S/c1-4-19-31-29(35)27(5-2)32(20-23-11-9-10-14-26(23)30)28(34)21-33(24-12-7-6-8-13-24)38(36,37)25-17-15-22(3)16-18-25/h6-18,27H,4-5,19-21H2,1-3H3,(H,31,35). The Hall–Kier alpha value is -3.36. The molecule has 0 aromatic heterocycles. The van der Waals surface area contributed by atoms with Crippen molar-refractivity contribution in [2.24, 2.45) is 0 Å². The van der Waals surface area contributed by atoms with Crippen LogP contribution >= 0.6 is 11.6 Å². The number of anilines is 1. The zero-order valence-corrected chi connectivity index (χ0v) is 23.5. The quantitative estimate of drug-likeness (QED) is 0.334. The van der Waals surface area contributed by atoms with E-state index in [-0.39, 0.29) is 17.3 Å². The minimum absolute atomic E-state index is 0.0593. The van der Waals surface area contributed by atoms with Gasteiger partial charge in [-0.1, -0.05) is 79.5 Å². The van der Waals surface area contributed by atoms with Crippen LogP contribution in [0.1, 0.15) is 37.8 Å². The van der Waals surface area contributed by atoms with Crippen molar-refractivity contribution in [3.05, 3.63) is 95.0 Å². The Labute approximate surface area is 230 Å². The van der Waals surface area contributed by atoms with E-state index in [1.807, 2.05) is 20.8 Å². The highest BCUT2D eigenvalue weighted by atomic mass is 35.5. The molecule has 3 aromatic carbocycles. The molecule has 0 bridgehead atoms. The maximum Gasteiger partial charge on any atom is 0.264 e. The summed E-state index contributed by atoms with van der Waals surface area (Å²) < 4.78 is 28.7. The second-order valence-corrected chi connectivity index (χ2v) is 11.3. The van der Waals surface area contributed by atoms with Crippen LogP contribution < -0.4 is 9.62 Å². The summed E-state index contributed by atoms with van der Waals surface area (Å²) in [6.07, 6.45) is 1.10. The molecule has 0 fully saturated rings. The summed E-state index contributed by atoms with van der Waals surface area (Å²) in [6.45, 7) is 5.69. The number of carbonyl (C=O) groups excluding carboxylic acids is 2. The van der Waals surface area contributed by atoms with Crippen LogP contribution in [-0.2, 0) is 26.2 Å². The van der Waals surface area contributed by atoms with E-state index in [0.29, 0.717) is 29.2 Å². The second kappa shape index (κ2) is 13.4. The summed E-state index contributed by atoms with van der Waals surface area (Å²) in [6, 6.07) is 21.3. The Kier molecular flexibility index (Phi) is 10.3. The summed E-state index contributed by atoms with van der Waals surface area (Å²) in [5.74, 6) is -0.801. The highest BCUT2D eigenvalue weighted by Crippen LogP contribution is 2.25. The highest BCUT2D eigenvalue weighted by Gasteiger charge is 2.33. The molecule has 0 heterocycles. The van der Waals surface area contributed by atoms with Gasteiger partial charge in [-0.15, -0.1) is 0 Å². The number of para-hydroxylation sites is 1. The lowest BCUT2D eigenvalue weighted by Crippen LogP contribution is -2.52. The van der Waals surface area contributed by atoms with Crippen LogP contribution in [0, 0.1) is 6.92 Å². The molecule has 202 valence electrons. The summed E-state index contributed by atoms with van der Waals surface area (Å²) in [7, 11) is -4.09. The third-order valence-corrected chi connectivity index (χ3v) is 8.32. The van der Waals surface area contributed by atoms with Gasteiger partial charge < -0.3 is 10.2 Å². The van der Waals surface area contributed by atoms with Crippen molar-refractivity contribution < 1.29 is 18.0 Å². The smallest absolute Gasteiger partial charge is 0.264 e. The van der Waals surface area contributed by atoms with Gasteiger partial charge in [-0.3, -0.25) is 13.9 Å². The zero-order chi connectivity index (χ0) is 27.7. The van der Waals surface area contributed by atoms with Crippen LogP contribution in [0.5, 0.6) is 0 Å². The van der Waals surface area contributed by atoms with E-state index < -0.39 is 28.5 Å². The van der Waals surface area contributed by atoms with Gasteiger partial charge in [0.15, 0.2) is 0 Å². The number of halogens is 1. The SMILES string of the molecule is CCCNC(=O)C(CC)N(Cc1ccccc1Cl)C(=O)CN(c1ccccc1)S(=O)(=O)c1ccc(C)cc1. The number of rotatable bonds is 12. The molecule has 9 heteroatoms. The number of hydrogen-bond donors (Lipinski definition) is 1. The van der Waals surface area contributed by atoms with Crippen molar-refractivity contribution in [3.8, 4) is 0 Å². The van der Waals surface area contributed by atoms with Gasteiger partial charge in [0.25, 0.3) is 10.0 Å². The molecule has 1 N–H and O–H groups in total. The maximum absolute atomic E-state index is 14.0. The number of carbonyl (C=O) groups is 2. The molecule has 0 saturated carbocycles. The lowest BCUT2D eigenvalue weighted by atomic mass is 10.1. The van der Waals surface area contributed by atoms with Gasteiger partial charge in [-0.05, 0) is 55.7 Å². The zero-order valence-electron chi connectivity index (χ0n) is 21.9. The van der Waals surface area contributed by atoms with Gasteiger partial charge in [0.1, 0.15) is 12.6 Å². The van der Waals surface area contributed by atoms with Crippen molar-refractivity contribution in [2.45, 2.75) is 51.1 Å². The topological polar surface area (TPSA) is 86.8 Å². The number of amides is 2. The molecule has 0 spiro atoms. The molecule has 2 amide bonds. The molecule has 0 aliphatic carbocycles. The predicted molar refractivity (Wildman–Crippen MR) is 152 cm³/mol. The van der Waals surface area contributed by atoms with Crippen LogP contribution in [0.15, 0.2) is 83.8 Å². The fourth-order valence-electron chi connectivity index (χ4n) is 4.06. The number of nitrogens with zero attached hydrogens (tertiary/aromatic N) is 2. The van der Waals surface area contributed by atoms with Crippen LogP contribution in [0.3, 0.4) is 0 Å². The second-order valence-electron chi connectivity index (χ2n) is 8.99. The lowest BCUT2D eigenvalue weighted by Gasteiger charge is -2.33. The average Bonchev–Trinajstić information content (AvgIpc) is 2.92. The molecular formula is C29H34ClN3O4S. The largest absolute Gasteiger partial charge is 0.354 e. The molecule has 38 heavy (non-hydrogen) atoms.